The number of halogens is 2. The van der Waals surface area contributed by atoms with Gasteiger partial charge in [-0.2, -0.15) is 0 Å². The van der Waals surface area contributed by atoms with Crippen LogP contribution in [0.15, 0.2) is 29.3 Å². The van der Waals surface area contributed by atoms with E-state index in [9.17, 15) is 8.78 Å². The van der Waals surface area contributed by atoms with Crippen LogP contribution in [0.3, 0.4) is 0 Å². The Morgan fingerprint density at radius 3 is 2.49 bits per heavy atom. The van der Waals surface area contributed by atoms with Gasteiger partial charge in [-0.1, -0.05) is 31.9 Å². The number of nitrogens with two attached hydrogens (primary N) is 1. The van der Waals surface area contributed by atoms with E-state index < -0.39 is 6.43 Å². The van der Waals surface area contributed by atoms with Crippen LogP contribution >= 0.6 is 0 Å². The number of ether oxygens (including phenoxy) is 2. The molecule has 5 N–H and O–H groups in total. The first-order valence-corrected chi connectivity index (χ1v) is 12.6. The molecule has 2 unspecified atom stereocenters. The van der Waals surface area contributed by atoms with Gasteiger partial charge in [0, 0.05) is 19.0 Å². The number of nitrogens with one attached hydrogen (secondary N) is 3. The highest BCUT2D eigenvalue weighted by atomic mass is 19.3. The predicted octanol–water partition coefficient (Wildman–Crippen LogP) is 3.70. The quantitative estimate of drug-likeness (QED) is 0.131. The Kier molecular flexibility index (Phi) is 15.7. The molecule has 202 valence electrons. The van der Waals surface area contributed by atoms with E-state index in [-0.39, 0.29) is 19.0 Å². The van der Waals surface area contributed by atoms with Gasteiger partial charge < -0.3 is 15.2 Å². The maximum Gasteiger partial charge on any atom is 0.251 e. The molecule has 0 radical (unpaired) electrons. The van der Waals surface area contributed by atoms with E-state index >= 15 is 0 Å². The number of hydrogen-bond donors (Lipinski definition) is 4. The molecule has 0 saturated heterocycles. The van der Waals surface area contributed by atoms with Crippen LogP contribution in [-0.4, -0.2) is 70.7 Å². The molecule has 0 bridgehead atoms. The van der Waals surface area contributed by atoms with Crippen LogP contribution in [0, 0.1) is 0 Å². The van der Waals surface area contributed by atoms with Crippen LogP contribution in [0.25, 0.3) is 0 Å². The van der Waals surface area contributed by atoms with Gasteiger partial charge in [0.05, 0.1) is 26.4 Å². The molecular formula is C26H47F2N5O2. The molecule has 2 atom stereocenters. The largest absolute Gasteiger partial charge is 0.496 e. The van der Waals surface area contributed by atoms with Gasteiger partial charge in [0.1, 0.15) is 17.8 Å². The van der Waals surface area contributed by atoms with Crippen molar-refractivity contribution in [1.82, 2.24) is 20.9 Å². The Morgan fingerprint density at radius 2 is 1.91 bits per heavy atom. The first-order valence-electron chi connectivity index (χ1n) is 12.6. The Labute approximate surface area is 210 Å². The highest BCUT2D eigenvalue weighted by molar-refractivity contribution is 5.43. The van der Waals surface area contributed by atoms with Crippen LogP contribution in [0.5, 0.6) is 11.5 Å². The van der Waals surface area contributed by atoms with E-state index in [1.807, 2.05) is 32.2 Å². The summed E-state index contributed by atoms with van der Waals surface area (Å²) in [6.45, 7) is 10.6. The summed E-state index contributed by atoms with van der Waals surface area (Å²) >= 11 is 0. The number of methoxy groups -OCH3 is 1. The summed E-state index contributed by atoms with van der Waals surface area (Å²) < 4.78 is 36.8. The molecule has 0 aliphatic carbocycles. The number of hydrogen-bond acceptors (Lipinski definition) is 7. The molecule has 35 heavy (non-hydrogen) atoms. The summed E-state index contributed by atoms with van der Waals surface area (Å²) in [5, 5.41) is 10.0. The Hall–Kier alpha value is -1.78. The second-order valence-electron chi connectivity index (χ2n) is 8.84. The third-order valence-corrected chi connectivity index (χ3v) is 5.90. The minimum Gasteiger partial charge on any atom is -0.496 e. The third-order valence-electron chi connectivity index (χ3n) is 5.90. The van der Waals surface area contributed by atoms with Crippen LogP contribution < -0.4 is 31.2 Å². The van der Waals surface area contributed by atoms with Crippen molar-refractivity contribution in [2.45, 2.75) is 72.3 Å². The van der Waals surface area contributed by atoms with Crippen molar-refractivity contribution in [3.63, 3.8) is 0 Å². The highest BCUT2D eigenvalue weighted by Crippen LogP contribution is 2.28. The third kappa shape index (κ3) is 12.1. The van der Waals surface area contributed by atoms with Gasteiger partial charge in [0.15, 0.2) is 0 Å². The molecule has 0 spiro atoms. The minimum absolute atomic E-state index is 0.0793. The average Bonchev–Trinajstić information content (AvgIpc) is 2.83. The molecule has 9 heteroatoms. The standard InChI is InChI=1S/C26H47F2N5O2/c1-7-9-13-31-25(32-26(29)30-5)22(19(3)4)16-20-11-12-21(17-23(20)34-6)35-15-10-14-33(8-2)18-24(27)28/h11-12,17,24-26,30-32H,7-10,13-16,18,29H2,1-6H3. The van der Waals surface area contributed by atoms with E-state index in [0.29, 0.717) is 38.3 Å². The van der Waals surface area contributed by atoms with Crippen molar-refractivity contribution in [2.24, 2.45) is 5.73 Å². The molecule has 0 heterocycles. The lowest BCUT2D eigenvalue weighted by molar-refractivity contribution is 0.0878. The van der Waals surface area contributed by atoms with Crippen LogP contribution in [0.4, 0.5) is 8.78 Å². The number of rotatable bonds is 19. The molecule has 0 amide bonds. The van der Waals surface area contributed by atoms with Crippen molar-refractivity contribution in [1.29, 1.82) is 0 Å². The van der Waals surface area contributed by atoms with Gasteiger partial charge >= 0.3 is 0 Å². The first kappa shape index (κ1) is 31.3. The fraction of sp³-hybridized carbons (Fsp3) is 0.692. The fourth-order valence-electron chi connectivity index (χ4n) is 3.75. The van der Waals surface area contributed by atoms with E-state index in [1.165, 1.54) is 11.1 Å². The summed E-state index contributed by atoms with van der Waals surface area (Å²) in [4.78, 5) is 1.73. The van der Waals surface area contributed by atoms with E-state index in [4.69, 9.17) is 15.2 Å². The Bertz CT molecular complexity index is 744. The molecule has 1 aromatic rings. The number of unbranched alkanes of at least 4 members (excludes halogenated alkanes) is 1. The molecular weight excluding hydrogens is 452 g/mol. The monoisotopic (exact) mass is 499 g/mol. The SMILES string of the molecule is CCCCNC(NC(N)NC)C(Cc1ccc(OCCCN(CC)CC(F)F)cc1OC)=C(C)C. The van der Waals surface area contributed by atoms with Crippen LogP contribution in [0.2, 0.25) is 0 Å². The molecule has 0 saturated carbocycles. The van der Waals surface area contributed by atoms with Gasteiger partial charge in [-0.25, -0.2) is 8.78 Å². The first-order chi connectivity index (χ1) is 16.7. The average molecular weight is 500 g/mol. The topological polar surface area (TPSA) is 83.8 Å². The van der Waals surface area contributed by atoms with E-state index in [2.05, 4.69) is 36.7 Å². The Morgan fingerprint density at radius 1 is 1.17 bits per heavy atom. The maximum absolute atomic E-state index is 12.6. The smallest absolute Gasteiger partial charge is 0.251 e. The lowest BCUT2D eigenvalue weighted by Gasteiger charge is -2.28. The van der Waals surface area contributed by atoms with Gasteiger partial charge in [-0.3, -0.25) is 20.9 Å². The van der Waals surface area contributed by atoms with Gasteiger partial charge in [-0.05, 0) is 64.0 Å². The lowest BCUT2D eigenvalue weighted by Crippen LogP contribution is -2.57. The summed E-state index contributed by atoms with van der Waals surface area (Å²) in [6.07, 6.45) is 0.822. The second kappa shape index (κ2) is 17.6. The highest BCUT2D eigenvalue weighted by Gasteiger charge is 2.19. The molecule has 0 aromatic heterocycles. The van der Waals surface area contributed by atoms with Crippen molar-refractivity contribution in [3.05, 3.63) is 34.9 Å². The summed E-state index contributed by atoms with van der Waals surface area (Å²) in [6, 6.07) is 5.85. The van der Waals surface area contributed by atoms with Crippen molar-refractivity contribution in [3.8, 4) is 11.5 Å². The molecule has 0 fully saturated rings. The minimum atomic E-state index is -2.32. The molecule has 7 nitrogen and oxygen atoms in total. The van der Waals surface area contributed by atoms with Gasteiger partial charge in [0.2, 0.25) is 0 Å². The summed E-state index contributed by atoms with van der Waals surface area (Å²) in [7, 11) is 3.48. The maximum atomic E-state index is 12.6. The number of nitrogens with zero attached hydrogens (tertiary/aromatic N) is 1. The summed E-state index contributed by atoms with van der Waals surface area (Å²) in [5.41, 5.74) is 9.59. The zero-order valence-corrected chi connectivity index (χ0v) is 22.4. The molecule has 0 aliphatic rings. The molecule has 1 rings (SSSR count). The van der Waals surface area contributed by atoms with Crippen LogP contribution in [-0.2, 0) is 6.42 Å². The number of allylic oxidation sites excluding steroid dienone is 1. The zero-order valence-electron chi connectivity index (χ0n) is 22.4. The zero-order chi connectivity index (χ0) is 26.2. The van der Waals surface area contributed by atoms with Crippen molar-refractivity contribution < 1.29 is 18.3 Å². The van der Waals surface area contributed by atoms with E-state index in [1.54, 1.807) is 12.0 Å². The van der Waals surface area contributed by atoms with Crippen LogP contribution in [0.1, 0.15) is 52.5 Å². The van der Waals surface area contributed by atoms with Crippen molar-refractivity contribution >= 4 is 0 Å². The van der Waals surface area contributed by atoms with Crippen molar-refractivity contribution in [2.75, 3.05) is 46.9 Å². The van der Waals surface area contributed by atoms with Gasteiger partial charge in [-0.15, -0.1) is 0 Å². The number of benzene rings is 1. The fourth-order valence-corrected chi connectivity index (χ4v) is 3.75. The Balaban J connectivity index is 2.88. The van der Waals surface area contributed by atoms with E-state index in [0.717, 1.165) is 30.7 Å². The second-order valence-corrected chi connectivity index (χ2v) is 8.84. The molecule has 0 aliphatic heterocycles. The summed E-state index contributed by atoms with van der Waals surface area (Å²) in [5.74, 6) is 1.45. The van der Waals surface area contributed by atoms with Gasteiger partial charge in [0.25, 0.3) is 6.43 Å². The lowest BCUT2D eigenvalue weighted by atomic mass is 9.97. The normalized spacial score (nSPS) is 13.2. The predicted molar refractivity (Wildman–Crippen MR) is 140 cm³/mol. The molecule has 1 aromatic carbocycles. The number of alkyl halides is 2.